The normalized spacial score (nSPS) is 12.3. The van der Waals surface area contributed by atoms with Crippen molar-refractivity contribution in [3.63, 3.8) is 0 Å². The molecule has 1 rings (SSSR count). The molecular weight excluding hydrogens is 237 g/mol. The zero-order chi connectivity index (χ0) is 13.5. The van der Waals surface area contributed by atoms with Crippen LogP contribution in [0.2, 0.25) is 0 Å². The van der Waals surface area contributed by atoms with Gasteiger partial charge in [-0.1, -0.05) is 0 Å². The molecule has 0 fully saturated rings. The van der Waals surface area contributed by atoms with Crippen molar-refractivity contribution >= 4 is 5.69 Å². The Morgan fingerprint density at radius 1 is 1.44 bits per heavy atom. The van der Waals surface area contributed by atoms with Crippen molar-refractivity contribution in [3.8, 4) is 5.75 Å². The number of nitrogens with zero attached hydrogens (tertiary/aromatic N) is 1. The molecule has 0 aliphatic heterocycles. The van der Waals surface area contributed by atoms with Gasteiger partial charge in [-0.15, -0.1) is 0 Å². The molecule has 0 bridgehead atoms. The Balaban J connectivity index is 2.68. The number of likely N-dealkylation sites (N-methyl/N-ethyl adjacent to an activating group) is 1. The number of hydrogen-bond donors (Lipinski definition) is 1. The second-order valence-electron chi connectivity index (χ2n) is 4.01. The van der Waals surface area contributed by atoms with Gasteiger partial charge in [-0.25, -0.2) is 4.39 Å². The molecule has 1 aromatic rings. The average Bonchev–Trinajstić information content (AvgIpc) is 2.35. The van der Waals surface area contributed by atoms with E-state index >= 15 is 0 Å². The lowest BCUT2D eigenvalue weighted by atomic mass is 10.2. The molecule has 0 amide bonds. The Kier molecular flexibility index (Phi) is 5.88. The molecule has 0 heterocycles. The van der Waals surface area contributed by atoms with Gasteiger partial charge >= 0.3 is 0 Å². The summed E-state index contributed by atoms with van der Waals surface area (Å²) in [7, 11) is 3.30. The van der Waals surface area contributed by atoms with Gasteiger partial charge in [0, 0.05) is 26.3 Å². The third kappa shape index (κ3) is 4.16. The minimum absolute atomic E-state index is 0.282. The van der Waals surface area contributed by atoms with Crippen molar-refractivity contribution in [1.82, 2.24) is 0 Å². The predicted molar refractivity (Wildman–Crippen MR) is 68.7 cm³/mol. The van der Waals surface area contributed by atoms with E-state index in [1.807, 2.05) is 18.9 Å². The van der Waals surface area contributed by atoms with Crippen LogP contribution in [0.15, 0.2) is 18.2 Å². The molecule has 0 aromatic heterocycles. The number of methoxy groups -OCH3 is 1. The molecule has 1 N–H and O–H groups in total. The average molecular weight is 257 g/mol. The van der Waals surface area contributed by atoms with Crippen LogP contribution in [0, 0.1) is 5.82 Å². The minimum atomic E-state index is -0.593. The number of benzene rings is 1. The summed E-state index contributed by atoms with van der Waals surface area (Å²) in [5.41, 5.74) is 0.731. The van der Waals surface area contributed by atoms with Crippen LogP contribution >= 0.6 is 0 Å². The third-order valence-corrected chi connectivity index (χ3v) is 2.55. The Bertz CT molecular complexity index is 373. The SMILES string of the molecule is CCOC[C@@H](O)CN(C)c1ccc(F)cc1OC. The van der Waals surface area contributed by atoms with Crippen molar-refractivity contribution in [3.05, 3.63) is 24.0 Å². The van der Waals surface area contributed by atoms with Gasteiger partial charge in [0.2, 0.25) is 0 Å². The summed E-state index contributed by atoms with van der Waals surface area (Å²) in [6.45, 7) is 3.12. The monoisotopic (exact) mass is 257 g/mol. The third-order valence-electron chi connectivity index (χ3n) is 2.55. The first kappa shape index (κ1) is 14.7. The van der Waals surface area contributed by atoms with E-state index in [0.29, 0.717) is 18.9 Å². The van der Waals surface area contributed by atoms with Gasteiger partial charge in [0.05, 0.1) is 25.5 Å². The summed E-state index contributed by atoms with van der Waals surface area (Å²) in [4.78, 5) is 1.81. The minimum Gasteiger partial charge on any atom is -0.494 e. The van der Waals surface area contributed by atoms with E-state index in [1.165, 1.54) is 19.2 Å². The highest BCUT2D eigenvalue weighted by molar-refractivity contribution is 5.58. The largest absolute Gasteiger partial charge is 0.494 e. The van der Waals surface area contributed by atoms with Gasteiger partial charge in [-0.2, -0.15) is 0 Å². The summed E-state index contributed by atoms with van der Waals surface area (Å²) in [6, 6.07) is 4.31. The molecule has 102 valence electrons. The molecule has 0 saturated carbocycles. The fraction of sp³-hybridized carbons (Fsp3) is 0.538. The van der Waals surface area contributed by atoms with E-state index in [4.69, 9.17) is 9.47 Å². The molecule has 0 spiro atoms. The first-order valence-electron chi connectivity index (χ1n) is 5.89. The van der Waals surface area contributed by atoms with Crippen LogP contribution < -0.4 is 9.64 Å². The molecule has 0 unspecified atom stereocenters. The lowest BCUT2D eigenvalue weighted by Gasteiger charge is -2.24. The summed E-state index contributed by atoms with van der Waals surface area (Å²) >= 11 is 0. The lowest BCUT2D eigenvalue weighted by molar-refractivity contribution is 0.0468. The van der Waals surface area contributed by atoms with Crippen LogP contribution in [0.4, 0.5) is 10.1 Å². The number of anilines is 1. The van der Waals surface area contributed by atoms with Crippen molar-refractivity contribution < 1.29 is 19.0 Å². The molecule has 0 radical (unpaired) electrons. The Morgan fingerprint density at radius 3 is 2.78 bits per heavy atom. The number of aliphatic hydroxyl groups is 1. The molecule has 4 nitrogen and oxygen atoms in total. The van der Waals surface area contributed by atoms with E-state index in [-0.39, 0.29) is 12.4 Å². The smallest absolute Gasteiger partial charge is 0.145 e. The lowest BCUT2D eigenvalue weighted by Crippen LogP contribution is -2.32. The Hall–Kier alpha value is -1.33. The molecule has 0 aliphatic rings. The Morgan fingerprint density at radius 2 is 2.17 bits per heavy atom. The highest BCUT2D eigenvalue weighted by atomic mass is 19.1. The highest BCUT2D eigenvalue weighted by Gasteiger charge is 2.13. The van der Waals surface area contributed by atoms with E-state index in [1.54, 1.807) is 6.07 Å². The van der Waals surface area contributed by atoms with Gasteiger partial charge in [-0.3, -0.25) is 0 Å². The highest BCUT2D eigenvalue weighted by Crippen LogP contribution is 2.28. The van der Waals surface area contributed by atoms with Crippen molar-refractivity contribution in [2.45, 2.75) is 13.0 Å². The van der Waals surface area contributed by atoms with E-state index < -0.39 is 6.10 Å². The van der Waals surface area contributed by atoms with E-state index in [2.05, 4.69) is 0 Å². The number of hydrogen-bond acceptors (Lipinski definition) is 4. The van der Waals surface area contributed by atoms with Crippen LogP contribution in [0.5, 0.6) is 5.75 Å². The second-order valence-corrected chi connectivity index (χ2v) is 4.01. The van der Waals surface area contributed by atoms with Crippen LogP contribution in [0.1, 0.15) is 6.92 Å². The zero-order valence-electron chi connectivity index (χ0n) is 11.0. The quantitative estimate of drug-likeness (QED) is 0.807. The first-order chi connectivity index (χ1) is 8.58. The number of halogens is 1. The van der Waals surface area contributed by atoms with Gasteiger partial charge in [0.15, 0.2) is 0 Å². The topological polar surface area (TPSA) is 41.9 Å². The van der Waals surface area contributed by atoms with Gasteiger partial charge < -0.3 is 19.5 Å². The maximum absolute atomic E-state index is 13.1. The molecule has 5 heteroatoms. The predicted octanol–water partition coefficient (Wildman–Crippen LogP) is 1.67. The molecule has 0 aliphatic carbocycles. The number of ether oxygens (including phenoxy) is 2. The zero-order valence-corrected chi connectivity index (χ0v) is 11.0. The molecule has 1 aromatic carbocycles. The molecule has 18 heavy (non-hydrogen) atoms. The number of aliphatic hydroxyl groups excluding tert-OH is 1. The fourth-order valence-corrected chi connectivity index (χ4v) is 1.69. The van der Waals surface area contributed by atoms with Crippen LogP contribution in [0.25, 0.3) is 0 Å². The summed E-state index contributed by atoms with van der Waals surface area (Å²) < 4.78 is 23.3. The van der Waals surface area contributed by atoms with E-state index in [9.17, 15) is 9.50 Å². The standard InChI is InChI=1S/C13H20FNO3/c1-4-18-9-11(16)8-15(2)12-6-5-10(14)7-13(12)17-3/h5-7,11,16H,4,8-9H2,1-3H3/t11-/m0/s1. The van der Waals surface area contributed by atoms with Crippen LogP contribution in [0.3, 0.4) is 0 Å². The summed E-state index contributed by atoms with van der Waals surface area (Å²) in [5.74, 6) is 0.0972. The fourth-order valence-electron chi connectivity index (χ4n) is 1.69. The van der Waals surface area contributed by atoms with Crippen molar-refractivity contribution in [2.24, 2.45) is 0 Å². The Labute approximate surface area is 107 Å². The maximum atomic E-state index is 13.1. The van der Waals surface area contributed by atoms with Gasteiger partial charge in [0.1, 0.15) is 11.6 Å². The molecule has 1 atom stereocenters. The van der Waals surface area contributed by atoms with Crippen LogP contribution in [-0.2, 0) is 4.74 Å². The molecular formula is C13H20FNO3. The maximum Gasteiger partial charge on any atom is 0.145 e. The second kappa shape index (κ2) is 7.18. The van der Waals surface area contributed by atoms with Gasteiger partial charge in [0.25, 0.3) is 0 Å². The van der Waals surface area contributed by atoms with Gasteiger partial charge in [-0.05, 0) is 19.1 Å². The van der Waals surface area contributed by atoms with Crippen molar-refractivity contribution in [1.29, 1.82) is 0 Å². The summed E-state index contributed by atoms with van der Waals surface area (Å²) in [5, 5.41) is 9.75. The number of rotatable bonds is 7. The molecule has 0 saturated heterocycles. The van der Waals surface area contributed by atoms with Crippen LogP contribution in [-0.4, -0.2) is 45.1 Å². The summed E-state index contributed by atoms with van der Waals surface area (Å²) in [6.07, 6.45) is -0.593. The van der Waals surface area contributed by atoms with E-state index in [0.717, 1.165) is 5.69 Å². The van der Waals surface area contributed by atoms with Crippen molar-refractivity contribution in [2.75, 3.05) is 38.8 Å². The first-order valence-corrected chi connectivity index (χ1v) is 5.89.